The SMILES string of the molecule is Nc1ncc(-c2cnn(C3CCNCC3)c2)c2cc(C3=CCCC(OC(F)(F)F)=C3)oc12. The molecule has 1 aliphatic heterocycles. The minimum absolute atomic E-state index is 0.148. The van der Waals surface area contributed by atoms with Crippen LogP contribution in [0.5, 0.6) is 0 Å². The Hall–Kier alpha value is -3.27. The van der Waals surface area contributed by atoms with Crippen molar-refractivity contribution in [2.45, 2.75) is 38.1 Å². The van der Waals surface area contributed by atoms with E-state index in [1.54, 1.807) is 18.5 Å². The van der Waals surface area contributed by atoms with Crippen molar-refractivity contribution in [2.24, 2.45) is 0 Å². The van der Waals surface area contributed by atoms with Gasteiger partial charge in [-0.15, -0.1) is 13.2 Å². The second-order valence-corrected chi connectivity index (χ2v) is 7.96. The third-order valence-corrected chi connectivity index (χ3v) is 5.79. The fourth-order valence-electron chi connectivity index (χ4n) is 4.24. The number of anilines is 1. The zero-order chi connectivity index (χ0) is 22.3. The van der Waals surface area contributed by atoms with E-state index in [9.17, 15) is 13.2 Å². The highest BCUT2D eigenvalue weighted by molar-refractivity contribution is 5.99. The molecular weight excluding hydrogens is 423 g/mol. The van der Waals surface area contributed by atoms with E-state index in [0.29, 0.717) is 29.4 Å². The molecule has 168 valence electrons. The van der Waals surface area contributed by atoms with Crippen LogP contribution >= 0.6 is 0 Å². The van der Waals surface area contributed by atoms with Gasteiger partial charge in [-0.1, -0.05) is 6.08 Å². The van der Waals surface area contributed by atoms with Gasteiger partial charge >= 0.3 is 6.36 Å². The Morgan fingerprint density at radius 1 is 1.22 bits per heavy atom. The predicted molar refractivity (Wildman–Crippen MR) is 113 cm³/mol. The maximum Gasteiger partial charge on any atom is 0.572 e. The quantitative estimate of drug-likeness (QED) is 0.600. The van der Waals surface area contributed by atoms with Crippen LogP contribution in [0.25, 0.3) is 27.7 Å². The fraction of sp³-hybridized carbons (Fsp3) is 0.364. The number of nitrogens with one attached hydrogen (secondary N) is 1. The molecule has 3 N–H and O–H groups in total. The summed E-state index contributed by atoms with van der Waals surface area (Å²) in [6, 6.07) is 2.12. The van der Waals surface area contributed by atoms with Gasteiger partial charge in [-0.25, -0.2) is 4.98 Å². The predicted octanol–water partition coefficient (Wildman–Crippen LogP) is 4.80. The summed E-state index contributed by atoms with van der Waals surface area (Å²) in [4.78, 5) is 4.26. The van der Waals surface area contributed by atoms with Crippen molar-refractivity contribution in [3.63, 3.8) is 0 Å². The van der Waals surface area contributed by atoms with E-state index in [1.165, 1.54) is 6.08 Å². The average molecular weight is 445 g/mol. The van der Waals surface area contributed by atoms with Gasteiger partial charge in [0.1, 0.15) is 11.5 Å². The van der Waals surface area contributed by atoms with Crippen molar-refractivity contribution >= 4 is 22.4 Å². The van der Waals surface area contributed by atoms with Crippen LogP contribution in [0.1, 0.15) is 37.5 Å². The molecule has 0 aromatic carbocycles. The lowest BCUT2D eigenvalue weighted by molar-refractivity contribution is -0.306. The summed E-state index contributed by atoms with van der Waals surface area (Å²) in [6.45, 7) is 1.92. The van der Waals surface area contributed by atoms with Crippen LogP contribution in [0.15, 0.2) is 47.0 Å². The molecule has 1 fully saturated rings. The third-order valence-electron chi connectivity index (χ3n) is 5.79. The van der Waals surface area contributed by atoms with Crippen LogP contribution in [-0.4, -0.2) is 34.2 Å². The van der Waals surface area contributed by atoms with Gasteiger partial charge in [-0.2, -0.15) is 5.10 Å². The number of pyridine rings is 1. The summed E-state index contributed by atoms with van der Waals surface area (Å²) in [6.07, 6.45) is 6.51. The normalized spacial score (nSPS) is 18.0. The van der Waals surface area contributed by atoms with E-state index in [-0.39, 0.29) is 18.0 Å². The molecule has 3 aromatic rings. The van der Waals surface area contributed by atoms with E-state index >= 15 is 0 Å². The maximum absolute atomic E-state index is 12.6. The van der Waals surface area contributed by atoms with Crippen molar-refractivity contribution in [3.05, 3.63) is 48.3 Å². The number of hydrogen-bond donors (Lipinski definition) is 2. The average Bonchev–Trinajstić information content (AvgIpc) is 3.42. The number of nitrogens with zero attached hydrogens (tertiary/aromatic N) is 3. The summed E-state index contributed by atoms with van der Waals surface area (Å²) >= 11 is 0. The van der Waals surface area contributed by atoms with Crippen LogP contribution in [0.3, 0.4) is 0 Å². The van der Waals surface area contributed by atoms with Gasteiger partial charge in [0.25, 0.3) is 0 Å². The van der Waals surface area contributed by atoms with Crippen LogP contribution < -0.4 is 11.1 Å². The summed E-state index contributed by atoms with van der Waals surface area (Å²) < 4.78 is 49.9. The molecule has 5 rings (SSSR count). The molecule has 3 aromatic heterocycles. The van der Waals surface area contributed by atoms with Gasteiger partial charge in [-0.05, 0) is 44.5 Å². The molecular formula is C22H22F3N5O2. The Morgan fingerprint density at radius 3 is 2.81 bits per heavy atom. The first kappa shape index (κ1) is 20.6. The van der Waals surface area contributed by atoms with Gasteiger partial charge in [0.15, 0.2) is 11.4 Å². The van der Waals surface area contributed by atoms with Crippen LogP contribution in [-0.2, 0) is 4.74 Å². The Balaban J connectivity index is 1.50. The second kappa shape index (κ2) is 8.01. The van der Waals surface area contributed by atoms with Gasteiger partial charge in [-0.3, -0.25) is 4.68 Å². The molecule has 7 nitrogen and oxygen atoms in total. The minimum Gasteiger partial charge on any atom is -0.452 e. The zero-order valence-electron chi connectivity index (χ0n) is 17.2. The molecule has 0 bridgehead atoms. The minimum atomic E-state index is -4.72. The Morgan fingerprint density at radius 2 is 2.03 bits per heavy atom. The van der Waals surface area contributed by atoms with Crippen molar-refractivity contribution in [1.29, 1.82) is 0 Å². The molecule has 1 aliphatic carbocycles. The van der Waals surface area contributed by atoms with Gasteiger partial charge in [0.2, 0.25) is 0 Å². The highest BCUT2D eigenvalue weighted by Crippen LogP contribution is 2.38. The van der Waals surface area contributed by atoms with Crippen molar-refractivity contribution in [2.75, 3.05) is 18.8 Å². The van der Waals surface area contributed by atoms with Crippen LogP contribution in [0.2, 0.25) is 0 Å². The standard InChI is InChI=1S/C22H22F3N5O2/c23-22(24,25)32-16-3-1-2-13(8-16)19-9-17-18(11-28-21(26)20(17)31-19)14-10-29-30(12-14)15-4-6-27-7-5-15/h2,8-12,15,27H,1,3-7H2,(H2,26,28). The number of aromatic nitrogens is 3. The topological polar surface area (TPSA) is 91.1 Å². The first-order chi connectivity index (χ1) is 15.4. The van der Waals surface area contributed by atoms with Gasteiger partial charge in [0.05, 0.1) is 12.2 Å². The molecule has 0 spiro atoms. The number of ether oxygens (including phenoxy) is 1. The van der Waals surface area contributed by atoms with Crippen LogP contribution in [0, 0.1) is 0 Å². The number of piperidine rings is 1. The summed E-state index contributed by atoms with van der Waals surface area (Å²) in [7, 11) is 0. The maximum atomic E-state index is 12.6. The number of furan rings is 1. The summed E-state index contributed by atoms with van der Waals surface area (Å²) in [5, 5.41) is 8.62. The first-order valence-corrected chi connectivity index (χ1v) is 10.5. The first-order valence-electron chi connectivity index (χ1n) is 10.5. The number of nitrogen functional groups attached to an aromatic ring is 1. The van der Waals surface area contributed by atoms with E-state index in [2.05, 4.69) is 20.1 Å². The molecule has 0 amide bonds. The molecule has 0 saturated carbocycles. The zero-order valence-corrected chi connectivity index (χ0v) is 17.2. The third kappa shape index (κ3) is 4.10. The smallest absolute Gasteiger partial charge is 0.452 e. The Kier molecular flexibility index (Phi) is 5.16. The molecule has 4 heterocycles. The molecule has 1 saturated heterocycles. The lowest BCUT2D eigenvalue weighted by atomic mass is 10.0. The van der Waals surface area contributed by atoms with Crippen molar-refractivity contribution in [3.8, 4) is 11.1 Å². The van der Waals surface area contributed by atoms with E-state index < -0.39 is 6.36 Å². The van der Waals surface area contributed by atoms with Crippen molar-refractivity contribution < 1.29 is 22.3 Å². The Labute approximate surface area is 181 Å². The summed E-state index contributed by atoms with van der Waals surface area (Å²) in [5.41, 5.74) is 8.63. The molecule has 0 radical (unpaired) electrons. The van der Waals surface area contributed by atoms with Crippen molar-refractivity contribution in [1.82, 2.24) is 20.1 Å². The molecule has 0 unspecified atom stereocenters. The highest BCUT2D eigenvalue weighted by Gasteiger charge is 2.32. The molecule has 2 aliphatic rings. The number of rotatable bonds is 4. The molecule has 10 heteroatoms. The molecule has 0 atom stereocenters. The number of hydrogen-bond acceptors (Lipinski definition) is 6. The molecule has 32 heavy (non-hydrogen) atoms. The number of nitrogens with two attached hydrogens (primary N) is 1. The van der Waals surface area contributed by atoms with Crippen LogP contribution in [0.4, 0.5) is 19.0 Å². The monoisotopic (exact) mass is 445 g/mol. The highest BCUT2D eigenvalue weighted by atomic mass is 19.4. The second-order valence-electron chi connectivity index (χ2n) is 7.96. The van der Waals surface area contributed by atoms with E-state index in [0.717, 1.165) is 42.4 Å². The summed E-state index contributed by atoms with van der Waals surface area (Å²) in [5.74, 6) is 0.479. The number of halogens is 3. The number of fused-ring (bicyclic) bond motifs is 1. The van der Waals surface area contributed by atoms with E-state index in [4.69, 9.17) is 10.2 Å². The fourth-order valence-corrected chi connectivity index (χ4v) is 4.24. The largest absolute Gasteiger partial charge is 0.572 e. The van der Waals surface area contributed by atoms with Gasteiger partial charge in [0, 0.05) is 40.9 Å². The van der Waals surface area contributed by atoms with Gasteiger partial charge < -0.3 is 20.2 Å². The van der Waals surface area contributed by atoms with E-state index in [1.807, 2.05) is 17.0 Å². The lowest BCUT2D eigenvalue weighted by Gasteiger charge is -2.22. The number of allylic oxidation sites excluding steroid dienone is 4. The number of alkyl halides is 3. The Bertz CT molecular complexity index is 1200. The lowest BCUT2D eigenvalue weighted by Crippen LogP contribution is -2.29.